The van der Waals surface area contributed by atoms with Crippen molar-refractivity contribution in [1.29, 1.82) is 0 Å². The zero-order chi connectivity index (χ0) is 36.7. The van der Waals surface area contributed by atoms with E-state index in [1.54, 1.807) is 36.5 Å². The number of hydrogen-bond donors (Lipinski definition) is 3. The number of rotatable bonds is 16. The first kappa shape index (κ1) is 36.4. The number of carbonyl (C=O) groups is 5. The van der Waals surface area contributed by atoms with Crippen LogP contribution in [0, 0.1) is 5.41 Å². The molecule has 0 bridgehead atoms. The van der Waals surface area contributed by atoms with Crippen molar-refractivity contribution in [2.45, 2.75) is 57.9 Å². The van der Waals surface area contributed by atoms with E-state index in [1.807, 2.05) is 19.1 Å². The summed E-state index contributed by atoms with van der Waals surface area (Å²) in [5.41, 5.74) is 1.89. The van der Waals surface area contributed by atoms with Gasteiger partial charge in [-0.2, -0.15) is 0 Å². The molecule has 0 saturated carbocycles. The highest BCUT2D eigenvalue weighted by atomic mass is 16.5. The van der Waals surface area contributed by atoms with Crippen molar-refractivity contribution >= 4 is 41.5 Å². The van der Waals surface area contributed by atoms with Gasteiger partial charge in [-0.05, 0) is 89.0 Å². The Labute approximate surface area is 303 Å². The highest BCUT2D eigenvalue weighted by Crippen LogP contribution is 2.44. The van der Waals surface area contributed by atoms with Gasteiger partial charge in [-0.3, -0.25) is 34.2 Å². The number of likely N-dealkylation sites (tertiary alicyclic amines) is 1. The van der Waals surface area contributed by atoms with E-state index in [0.29, 0.717) is 47.7 Å². The third-order valence-electron chi connectivity index (χ3n) is 10.2. The van der Waals surface area contributed by atoms with Crippen LogP contribution in [0.5, 0.6) is 11.5 Å². The summed E-state index contributed by atoms with van der Waals surface area (Å²) in [4.78, 5) is 77.0. The standard InChI is InChI=1S/C38H46N8O6/c1-3-9-30(35(49)43-25-47)46-36(50)27-13-12-26(20-29(27)37(46)51)40-16-7-4-8-17-41-34(48)28-10-5-6-11-31(28)52-32-21-39-24-42-33(32)45-22-38(23-45)14-18-44(2)19-15-38/h5-6,10-13,20-21,24-25,30,40H,3-4,7-9,14-19,22-23H2,1-2H3,(H,41,48)(H,43,47,49). The Morgan fingerprint density at radius 1 is 0.981 bits per heavy atom. The van der Waals surface area contributed by atoms with Crippen molar-refractivity contribution < 1.29 is 28.7 Å². The van der Waals surface area contributed by atoms with Gasteiger partial charge in [-0.1, -0.05) is 25.5 Å². The molecule has 0 aliphatic carbocycles. The molecular weight excluding hydrogens is 664 g/mol. The van der Waals surface area contributed by atoms with Gasteiger partial charge < -0.3 is 25.2 Å². The molecule has 2 aromatic carbocycles. The molecule has 3 aliphatic rings. The van der Waals surface area contributed by atoms with Gasteiger partial charge in [0.1, 0.15) is 18.1 Å². The molecule has 3 aliphatic heterocycles. The normalized spacial score (nSPS) is 17.0. The largest absolute Gasteiger partial charge is 0.451 e. The van der Waals surface area contributed by atoms with Crippen LogP contribution in [0.4, 0.5) is 11.5 Å². The fourth-order valence-electron chi connectivity index (χ4n) is 7.22. The van der Waals surface area contributed by atoms with Gasteiger partial charge in [0.2, 0.25) is 12.3 Å². The van der Waals surface area contributed by atoms with Crippen molar-refractivity contribution in [3.8, 4) is 11.5 Å². The monoisotopic (exact) mass is 710 g/mol. The minimum atomic E-state index is -1.06. The van der Waals surface area contributed by atoms with E-state index >= 15 is 0 Å². The van der Waals surface area contributed by atoms with E-state index in [0.717, 1.165) is 56.2 Å². The average molecular weight is 711 g/mol. The lowest BCUT2D eigenvalue weighted by Crippen LogP contribution is -2.60. The Bertz CT molecular complexity index is 1800. The number of hydrogen-bond acceptors (Lipinski definition) is 11. The molecule has 3 aromatic rings. The topological polar surface area (TPSA) is 166 Å². The summed E-state index contributed by atoms with van der Waals surface area (Å²) in [6.07, 6.45) is 8.98. The molecule has 14 heteroatoms. The number of ether oxygens (including phenoxy) is 1. The second-order valence-corrected chi connectivity index (χ2v) is 13.9. The van der Waals surface area contributed by atoms with Gasteiger partial charge in [-0.25, -0.2) is 9.97 Å². The van der Waals surface area contributed by atoms with Crippen molar-refractivity contribution in [1.82, 2.24) is 30.4 Å². The number of amides is 5. The van der Waals surface area contributed by atoms with Crippen LogP contribution in [-0.2, 0) is 9.59 Å². The lowest BCUT2D eigenvalue weighted by molar-refractivity contribution is -0.128. The van der Waals surface area contributed by atoms with Crippen molar-refractivity contribution in [2.75, 3.05) is 56.5 Å². The van der Waals surface area contributed by atoms with Crippen LogP contribution < -0.4 is 25.6 Å². The molecule has 52 heavy (non-hydrogen) atoms. The highest BCUT2D eigenvalue weighted by molar-refractivity contribution is 6.23. The summed E-state index contributed by atoms with van der Waals surface area (Å²) < 4.78 is 6.29. The van der Waals surface area contributed by atoms with Crippen LogP contribution in [0.25, 0.3) is 0 Å². The third-order valence-corrected chi connectivity index (χ3v) is 10.2. The number of anilines is 2. The molecule has 4 heterocycles. The number of para-hydroxylation sites is 1. The first-order chi connectivity index (χ1) is 25.2. The Morgan fingerprint density at radius 3 is 2.50 bits per heavy atom. The van der Waals surface area contributed by atoms with Crippen LogP contribution in [0.2, 0.25) is 0 Å². The van der Waals surface area contributed by atoms with Crippen LogP contribution in [-0.4, -0.2) is 102 Å². The molecule has 6 rings (SSSR count). The Kier molecular flexibility index (Phi) is 11.4. The minimum absolute atomic E-state index is 0.222. The fraction of sp³-hybridized carbons (Fsp3) is 0.447. The Balaban J connectivity index is 0.954. The summed E-state index contributed by atoms with van der Waals surface area (Å²) in [5.74, 6) is -0.301. The number of unbranched alkanes of at least 4 members (excludes halogenated alkanes) is 2. The zero-order valence-electron chi connectivity index (χ0n) is 29.7. The molecule has 1 atom stereocenters. The summed E-state index contributed by atoms with van der Waals surface area (Å²) in [6, 6.07) is 11.0. The van der Waals surface area contributed by atoms with Crippen LogP contribution in [0.15, 0.2) is 55.0 Å². The first-order valence-corrected chi connectivity index (χ1v) is 18.0. The Morgan fingerprint density at radius 2 is 1.73 bits per heavy atom. The molecule has 1 unspecified atom stereocenters. The predicted octanol–water partition coefficient (Wildman–Crippen LogP) is 3.85. The highest BCUT2D eigenvalue weighted by Gasteiger charge is 2.46. The zero-order valence-corrected chi connectivity index (χ0v) is 29.7. The van der Waals surface area contributed by atoms with Gasteiger partial charge in [0, 0.05) is 37.3 Å². The lowest BCUT2D eigenvalue weighted by atomic mass is 9.72. The molecule has 3 N–H and O–H groups in total. The van der Waals surface area contributed by atoms with Gasteiger partial charge in [0.15, 0.2) is 11.6 Å². The van der Waals surface area contributed by atoms with Gasteiger partial charge in [0.25, 0.3) is 17.7 Å². The van der Waals surface area contributed by atoms with Crippen LogP contribution in [0.3, 0.4) is 0 Å². The molecule has 1 spiro atoms. The maximum atomic E-state index is 13.2. The number of fused-ring (bicyclic) bond motifs is 1. The van der Waals surface area contributed by atoms with Gasteiger partial charge >= 0.3 is 0 Å². The smallest absolute Gasteiger partial charge is 0.262 e. The number of carbonyl (C=O) groups excluding carboxylic acids is 5. The molecule has 0 radical (unpaired) electrons. The van der Waals surface area contributed by atoms with Crippen molar-refractivity contribution in [3.63, 3.8) is 0 Å². The predicted molar refractivity (Wildman–Crippen MR) is 194 cm³/mol. The second kappa shape index (κ2) is 16.3. The van der Waals surface area contributed by atoms with Gasteiger partial charge in [-0.15, -0.1) is 0 Å². The van der Waals surface area contributed by atoms with E-state index in [4.69, 9.17) is 4.74 Å². The number of aromatic nitrogens is 2. The summed E-state index contributed by atoms with van der Waals surface area (Å²) in [7, 11) is 2.17. The summed E-state index contributed by atoms with van der Waals surface area (Å²) >= 11 is 0. The van der Waals surface area contributed by atoms with E-state index in [1.165, 1.54) is 19.2 Å². The number of piperidine rings is 1. The summed E-state index contributed by atoms with van der Waals surface area (Å²) in [5, 5.41) is 8.36. The SMILES string of the molecule is CCCC(C(=O)NC=O)N1C(=O)c2ccc(NCCCCCNC(=O)c3ccccc3Oc3cncnc3N3CC4(CCN(C)CC4)C3)cc2C1=O. The van der Waals surface area contributed by atoms with Gasteiger partial charge in [0.05, 0.1) is 22.9 Å². The maximum absolute atomic E-state index is 13.2. The van der Waals surface area contributed by atoms with E-state index in [-0.39, 0.29) is 29.9 Å². The Hall–Kier alpha value is -5.37. The first-order valence-electron chi connectivity index (χ1n) is 18.0. The lowest BCUT2D eigenvalue weighted by Gasteiger charge is -2.54. The quantitative estimate of drug-likeness (QED) is 0.112. The summed E-state index contributed by atoms with van der Waals surface area (Å²) in [6.45, 7) is 7.02. The number of nitrogens with zero attached hydrogens (tertiary/aromatic N) is 5. The third kappa shape index (κ3) is 7.91. The molecule has 1 aromatic heterocycles. The second-order valence-electron chi connectivity index (χ2n) is 13.9. The van der Waals surface area contributed by atoms with E-state index in [9.17, 15) is 24.0 Å². The minimum Gasteiger partial charge on any atom is -0.451 e. The van der Waals surface area contributed by atoms with E-state index < -0.39 is 23.8 Å². The maximum Gasteiger partial charge on any atom is 0.262 e. The molecular formula is C38H46N8O6. The van der Waals surface area contributed by atoms with Crippen molar-refractivity contribution in [3.05, 3.63) is 71.7 Å². The average Bonchev–Trinajstić information content (AvgIpc) is 3.38. The molecule has 274 valence electrons. The number of nitrogens with one attached hydrogen (secondary N) is 3. The van der Waals surface area contributed by atoms with Crippen molar-refractivity contribution in [2.24, 2.45) is 5.41 Å². The number of benzene rings is 2. The van der Waals surface area contributed by atoms with E-state index in [2.05, 4.69) is 42.8 Å². The molecule has 2 saturated heterocycles. The van der Waals surface area contributed by atoms with Crippen LogP contribution >= 0.6 is 0 Å². The molecule has 14 nitrogen and oxygen atoms in total. The molecule has 5 amide bonds. The fourth-order valence-corrected chi connectivity index (χ4v) is 7.22. The number of imide groups is 2. The van der Waals surface area contributed by atoms with Crippen LogP contribution in [0.1, 0.15) is 82.9 Å². The molecule has 2 fully saturated rings.